The van der Waals surface area contributed by atoms with Gasteiger partial charge in [-0.25, -0.2) is 4.39 Å². The first-order valence-corrected chi connectivity index (χ1v) is 5.85. The van der Waals surface area contributed by atoms with Crippen LogP contribution >= 0.6 is 0 Å². The minimum atomic E-state index is -0.948. The van der Waals surface area contributed by atoms with Crippen LogP contribution in [-0.4, -0.2) is 17.2 Å². The summed E-state index contributed by atoms with van der Waals surface area (Å²) in [4.78, 5) is 23.3. The third kappa shape index (κ3) is 4.88. The first-order chi connectivity index (χ1) is 8.84. The molecule has 0 fully saturated rings. The maximum Gasteiger partial charge on any atom is 0.221 e. The lowest BCUT2D eigenvalue weighted by Gasteiger charge is -2.17. The fourth-order valence-electron chi connectivity index (χ4n) is 1.45. The number of nitrogens with zero attached hydrogens (tertiary/aromatic N) is 1. The molecular weight excluding hydrogens is 247 g/mol. The van der Waals surface area contributed by atoms with Crippen molar-refractivity contribution in [2.45, 2.75) is 32.2 Å². The van der Waals surface area contributed by atoms with Crippen LogP contribution in [0.25, 0.3) is 0 Å². The molecule has 0 heterocycles. The van der Waals surface area contributed by atoms with E-state index in [9.17, 15) is 14.0 Å². The smallest absolute Gasteiger partial charge is 0.221 e. The Labute approximate surface area is 111 Å². The molecule has 0 unspecified atom stereocenters. The molecule has 0 atom stereocenters. The van der Waals surface area contributed by atoms with Crippen LogP contribution in [-0.2, 0) is 4.79 Å². The van der Waals surface area contributed by atoms with Crippen molar-refractivity contribution in [2.24, 2.45) is 0 Å². The Bertz CT molecular complexity index is 515. The molecule has 0 saturated heterocycles. The molecule has 1 aromatic carbocycles. The van der Waals surface area contributed by atoms with Crippen molar-refractivity contribution in [1.29, 1.82) is 5.26 Å². The fourth-order valence-corrected chi connectivity index (χ4v) is 1.45. The van der Waals surface area contributed by atoms with E-state index in [0.717, 1.165) is 0 Å². The van der Waals surface area contributed by atoms with Gasteiger partial charge in [0.05, 0.1) is 6.07 Å². The summed E-state index contributed by atoms with van der Waals surface area (Å²) in [5, 5.41) is 11.3. The molecule has 0 aromatic heterocycles. The number of nitriles is 1. The molecule has 19 heavy (non-hydrogen) atoms. The number of ketones is 1. The van der Waals surface area contributed by atoms with Crippen molar-refractivity contribution in [3.63, 3.8) is 0 Å². The molecule has 0 spiro atoms. The van der Waals surface area contributed by atoms with Crippen LogP contribution in [0, 0.1) is 17.1 Å². The molecule has 0 aliphatic heterocycles. The van der Waals surface area contributed by atoms with E-state index in [2.05, 4.69) is 5.32 Å². The molecule has 0 saturated carbocycles. The Kier molecular flexibility index (Phi) is 4.76. The maximum absolute atomic E-state index is 12.7. The second-order valence-corrected chi connectivity index (χ2v) is 4.72. The summed E-state index contributed by atoms with van der Waals surface area (Å²) in [5.74, 6) is -1.00. The highest BCUT2D eigenvalue weighted by Crippen LogP contribution is 2.08. The summed E-state index contributed by atoms with van der Waals surface area (Å²) in [6.07, 6.45) is 0.0281. The van der Waals surface area contributed by atoms with E-state index in [-0.39, 0.29) is 24.5 Å². The molecule has 1 amide bonds. The van der Waals surface area contributed by atoms with Crippen LogP contribution in [0.15, 0.2) is 24.3 Å². The van der Waals surface area contributed by atoms with Crippen LogP contribution in [0.2, 0.25) is 0 Å². The Morgan fingerprint density at radius 3 is 2.37 bits per heavy atom. The lowest BCUT2D eigenvalue weighted by atomic mass is 10.0. The molecule has 1 aromatic rings. The molecule has 1 N–H and O–H groups in total. The van der Waals surface area contributed by atoms with Crippen molar-refractivity contribution >= 4 is 11.7 Å². The van der Waals surface area contributed by atoms with Gasteiger partial charge in [0.15, 0.2) is 5.78 Å². The zero-order valence-corrected chi connectivity index (χ0v) is 10.9. The lowest BCUT2D eigenvalue weighted by molar-refractivity contribution is -0.122. The van der Waals surface area contributed by atoms with Crippen LogP contribution < -0.4 is 5.32 Å². The van der Waals surface area contributed by atoms with Crippen molar-refractivity contribution in [1.82, 2.24) is 5.32 Å². The predicted octanol–water partition coefficient (Wildman–Crippen LogP) is 2.21. The van der Waals surface area contributed by atoms with Gasteiger partial charge in [0, 0.05) is 18.4 Å². The Hall–Kier alpha value is -2.22. The average molecular weight is 262 g/mol. The van der Waals surface area contributed by atoms with Gasteiger partial charge < -0.3 is 5.32 Å². The topological polar surface area (TPSA) is 70.0 Å². The highest BCUT2D eigenvalue weighted by Gasteiger charge is 2.19. The Morgan fingerprint density at radius 2 is 1.84 bits per heavy atom. The summed E-state index contributed by atoms with van der Waals surface area (Å²) < 4.78 is 12.7. The zero-order chi connectivity index (χ0) is 14.5. The number of amides is 1. The van der Waals surface area contributed by atoms with E-state index in [1.807, 2.05) is 6.07 Å². The number of benzene rings is 1. The van der Waals surface area contributed by atoms with Gasteiger partial charge in [0.25, 0.3) is 0 Å². The van der Waals surface area contributed by atoms with E-state index < -0.39 is 11.4 Å². The van der Waals surface area contributed by atoms with Crippen molar-refractivity contribution in [3.8, 4) is 6.07 Å². The maximum atomic E-state index is 12.7. The number of Topliss-reactive ketones (excluding diaryl/α,β-unsaturated/α-hetero) is 1. The first-order valence-electron chi connectivity index (χ1n) is 5.85. The highest BCUT2D eigenvalue weighted by molar-refractivity contribution is 5.97. The van der Waals surface area contributed by atoms with Crippen LogP contribution in [0.3, 0.4) is 0 Å². The molecule has 4 nitrogen and oxygen atoms in total. The number of nitrogens with one attached hydrogen (secondary N) is 1. The minimum absolute atomic E-state index is 0.00131. The van der Waals surface area contributed by atoms with Crippen LogP contribution in [0.4, 0.5) is 4.39 Å². The fraction of sp³-hybridized carbons (Fsp3) is 0.357. The number of hydrogen-bond donors (Lipinski definition) is 1. The van der Waals surface area contributed by atoms with Crippen molar-refractivity contribution in [2.75, 3.05) is 0 Å². The molecule has 0 bridgehead atoms. The Balaban J connectivity index is 2.49. The normalized spacial score (nSPS) is 10.6. The van der Waals surface area contributed by atoms with E-state index >= 15 is 0 Å². The van der Waals surface area contributed by atoms with Gasteiger partial charge in [-0.15, -0.1) is 0 Å². The number of rotatable bonds is 5. The van der Waals surface area contributed by atoms with Gasteiger partial charge in [-0.3, -0.25) is 9.59 Å². The van der Waals surface area contributed by atoms with Gasteiger partial charge in [-0.1, -0.05) is 0 Å². The van der Waals surface area contributed by atoms with Crippen molar-refractivity contribution < 1.29 is 14.0 Å². The van der Waals surface area contributed by atoms with Gasteiger partial charge in [-0.2, -0.15) is 5.26 Å². The van der Waals surface area contributed by atoms with Gasteiger partial charge in [0.1, 0.15) is 11.4 Å². The zero-order valence-electron chi connectivity index (χ0n) is 10.9. The lowest BCUT2D eigenvalue weighted by Crippen LogP contribution is -2.42. The molecule has 1 rings (SSSR count). The summed E-state index contributed by atoms with van der Waals surface area (Å²) in [6.45, 7) is 3.15. The van der Waals surface area contributed by atoms with Crippen LogP contribution in [0.1, 0.15) is 37.0 Å². The van der Waals surface area contributed by atoms with Gasteiger partial charge >= 0.3 is 0 Å². The monoisotopic (exact) mass is 262 g/mol. The minimum Gasteiger partial charge on any atom is -0.338 e. The number of hydrogen-bond acceptors (Lipinski definition) is 3. The van der Waals surface area contributed by atoms with E-state index in [0.29, 0.717) is 5.56 Å². The average Bonchev–Trinajstić information content (AvgIpc) is 2.36. The molecule has 0 radical (unpaired) electrons. The predicted molar refractivity (Wildman–Crippen MR) is 67.8 cm³/mol. The second-order valence-electron chi connectivity index (χ2n) is 4.72. The molecular formula is C14H15FN2O2. The largest absolute Gasteiger partial charge is 0.338 e. The third-order valence-electron chi connectivity index (χ3n) is 2.48. The molecule has 0 aliphatic carbocycles. The van der Waals surface area contributed by atoms with Crippen LogP contribution in [0.5, 0.6) is 0 Å². The highest BCUT2D eigenvalue weighted by atomic mass is 19.1. The Morgan fingerprint density at radius 1 is 1.26 bits per heavy atom. The SMILES string of the molecule is CC(C)(C#N)NC(=O)CCC(=O)c1ccc(F)cc1. The summed E-state index contributed by atoms with van der Waals surface area (Å²) in [7, 11) is 0. The number of carbonyl (C=O) groups is 2. The van der Waals surface area contributed by atoms with Crippen molar-refractivity contribution in [3.05, 3.63) is 35.6 Å². The molecule has 100 valence electrons. The van der Waals surface area contributed by atoms with E-state index in [4.69, 9.17) is 5.26 Å². The quantitative estimate of drug-likeness (QED) is 0.827. The standard InChI is InChI=1S/C14H15FN2O2/c1-14(2,9-16)17-13(19)8-7-12(18)10-3-5-11(15)6-4-10/h3-6H,7-8H2,1-2H3,(H,17,19). The summed E-state index contributed by atoms with van der Waals surface area (Å²) >= 11 is 0. The number of carbonyl (C=O) groups excluding carboxylic acids is 2. The third-order valence-corrected chi connectivity index (χ3v) is 2.48. The summed E-state index contributed by atoms with van der Waals surface area (Å²) in [6, 6.07) is 7.11. The van der Waals surface area contributed by atoms with E-state index in [1.54, 1.807) is 13.8 Å². The molecule has 0 aliphatic rings. The van der Waals surface area contributed by atoms with E-state index in [1.165, 1.54) is 24.3 Å². The second kappa shape index (κ2) is 6.10. The number of halogens is 1. The first kappa shape index (κ1) is 14.8. The van der Waals surface area contributed by atoms with Gasteiger partial charge in [-0.05, 0) is 38.1 Å². The van der Waals surface area contributed by atoms with Gasteiger partial charge in [0.2, 0.25) is 5.91 Å². The molecule has 5 heteroatoms. The summed E-state index contributed by atoms with van der Waals surface area (Å²) in [5.41, 5.74) is -0.579.